The second kappa shape index (κ2) is 8.26. The van der Waals surface area contributed by atoms with Crippen LogP contribution in [-0.4, -0.2) is 12.1 Å². The summed E-state index contributed by atoms with van der Waals surface area (Å²) in [6.07, 6.45) is 2.72. The molecule has 1 aliphatic rings. The highest BCUT2D eigenvalue weighted by atomic mass is 16.5. The summed E-state index contributed by atoms with van der Waals surface area (Å²) in [5.41, 5.74) is 6.04. The minimum absolute atomic E-state index is 0.0181. The van der Waals surface area contributed by atoms with Gasteiger partial charge in [-0.1, -0.05) is 53.6 Å². The number of anilines is 1. The van der Waals surface area contributed by atoms with Gasteiger partial charge in [0.2, 0.25) is 0 Å². The first kappa shape index (κ1) is 19.0. The molecule has 27 heavy (non-hydrogen) atoms. The molecule has 0 radical (unpaired) electrons. The number of aryl methyl sites for hydroxylation is 1. The summed E-state index contributed by atoms with van der Waals surface area (Å²) in [7, 11) is 0. The van der Waals surface area contributed by atoms with Gasteiger partial charge >= 0.3 is 5.97 Å². The predicted molar refractivity (Wildman–Crippen MR) is 111 cm³/mol. The quantitative estimate of drug-likeness (QED) is 0.690. The van der Waals surface area contributed by atoms with Crippen molar-refractivity contribution in [2.24, 2.45) is 0 Å². The van der Waals surface area contributed by atoms with Gasteiger partial charge in [-0.15, -0.1) is 0 Å². The van der Waals surface area contributed by atoms with Crippen LogP contribution >= 0.6 is 0 Å². The Morgan fingerprint density at radius 1 is 1.04 bits per heavy atom. The van der Waals surface area contributed by atoms with E-state index in [-0.39, 0.29) is 18.0 Å². The Balaban J connectivity index is 2.06. The number of carbonyl (C=O) groups is 1. The van der Waals surface area contributed by atoms with Crippen molar-refractivity contribution in [3.8, 4) is 0 Å². The maximum atomic E-state index is 13.0. The molecule has 0 aromatic heterocycles. The lowest BCUT2D eigenvalue weighted by molar-refractivity contribution is -0.143. The highest BCUT2D eigenvalue weighted by molar-refractivity contribution is 5.93. The van der Waals surface area contributed by atoms with Crippen LogP contribution in [0.4, 0.5) is 5.69 Å². The fourth-order valence-corrected chi connectivity index (χ4v) is 3.39. The molecule has 2 aromatic rings. The lowest BCUT2D eigenvalue weighted by atomic mass is 9.81. The molecule has 0 unspecified atom stereocenters. The molecule has 140 valence electrons. The summed E-state index contributed by atoms with van der Waals surface area (Å²) >= 11 is 0. The molecule has 3 heteroatoms. The molecule has 3 nitrogen and oxygen atoms in total. The summed E-state index contributed by atoms with van der Waals surface area (Å²) in [6.45, 7) is 7.93. The van der Waals surface area contributed by atoms with Crippen molar-refractivity contribution >= 4 is 11.7 Å². The normalized spacial score (nSPS) is 16.9. The molecule has 1 N–H and O–H groups in total. The Kier molecular flexibility index (Phi) is 5.80. The van der Waals surface area contributed by atoms with E-state index in [0.717, 1.165) is 23.4 Å². The fraction of sp³-hybridized carbons (Fsp3) is 0.292. The van der Waals surface area contributed by atoms with Crippen molar-refractivity contribution in [1.82, 2.24) is 0 Å². The van der Waals surface area contributed by atoms with Crippen molar-refractivity contribution in [3.63, 3.8) is 0 Å². The maximum Gasteiger partial charge on any atom is 0.337 e. The largest absolute Gasteiger partial charge is 0.460 e. The van der Waals surface area contributed by atoms with E-state index >= 15 is 0 Å². The average Bonchev–Trinajstić information content (AvgIpc) is 2.63. The zero-order valence-electron chi connectivity index (χ0n) is 16.5. The standard InChI is InChI=1S/C24H27NO2/c1-16(2)27-24(26)23-21(19-8-6-5-7-9-19)14-18(4)15-22(23)25-20-12-10-17(3)11-13-20/h5-13,15-16,21,25H,14H2,1-4H3/t21-/m1/s1. The molecular formula is C24H27NO2. The first-order chi connectivity index (χ1) is 12.9. The van der Waals surface area contributed by atoms with Crippen LogP contribution < -0.4 is 5.32 Å². The smallest absolute Gasteiger partial charge is 0.337 e. The minimum atomic E-state index is -0.253. The molecule has 0 saturated heterocycles. The SMILES string of the molecule is CC1=CC(Nc2ccc(C)cc2)=C(C(=O)OC(C)C)[C@@H](c2ccccc2)C1. The lowest BCUT2D eigenvalue weighted by Gasteiger charge is -2.28. The van der Waals surface area contributed by atoms with Crippen LogP contribution in [-0.2, 0) is 9.53 Å². The van der Waals surface area contributed by atoms with Crippen LogP contribution in [0.2, 0.25) is 0 Å². The molecule has 0 heterocycles. The van der Waals surface area contributed by atoms with Crippen LogP contribution in [0.25, 0.3) is 0 Å². The van der Waals surface area contributed by atoms with Gasteiger partial charge in [0.25, 0.3) is 0 Å². The number of hydrogen-bond donors (Lipinski definition) is 1. The first-order valence-electron chi connectivity index (χ1n) is 9.45. The van der Waals surface area contributed by atoms with Gasteiger partial charge in [0.1, 0.15) is 0 Å². The third-order valence-corrected chi connectivity index (χ3v) is 4.65. The summed E-state index contributed by atoms with van der Waals surface area (Å²) in [4.78, 5) is 13.0. The number of nitrogens with one attached hydrogen (secondary N) is 1. The van der Waals surface area contributed by atoms with Crippen molar-refractivity contribution in [3.05, 3.63) is 88.6 Å². The van der Waals surface area contributed by atoms with E-state index in [1.807, 2.05) is 44.2 Å². The maximum absolute atomic E-state index is 13.0. The Morgan fingerprint density at radius 3 is 2.33 bits per heavy atom. The van der Waals surface area contributed by atoms with E-state index in [4.69, 9.17) is 4.74 Å². The number of carbonyl (C=O) groups excluding carboxylic acids is 1. The van der Waals surface area contributed by atoms with Crippen LogP contribution in [0.5, 0.6) is 0 Å². The number of ether oxygens (including phenoxy) is 1. The Labute approximate surface area is 161 Å². The molecule has 0 aliphatic heterocycles. The summed E-state index contributed by atoms with van der Waals surface area (Å²) in [5, 5.41) is 3.44. The average molecular weight is 361 g/mol. The van der Waals surface area contributed by atoms with Crippen LogP contribution in [0.1, 0.15) is 44.2 Å². The first-order valence-corrected chi connectivity index (χ1v) is 9.45. The molecule has 1 aliphatic carbocycles. The van der Waals surface area contributed by atoms with Gasteiger partial charge in [-0.25, -0.2) is 4.79 Å². The summed E-state index contributed by atoms with van der Waals surface area (Å²) in [6, 6.07) is 18.4. The second-order valence-corrected chi connectivity index (χ2v) is 7.43. The number of rotatable bonds is 5. The molecule has 0 spiro atoms. The Hall–Kier alpha value is -2.81. The van der Waals surface area contributed by atoms with Crippen LogP contribution in [0.3, 0.4) is 0 Å². The van der Waals surface area contributed by atoms with Gasteiger partial charge in [0.15, 0.2) is 0 Å². The highest BCUT2D eigenvalue weighted by Crippen LogP contribution is 2.38. The van der Waals surface area contributed by atoms with E-state index in [0.29, 0.717) is 5.57 Å². The van der Waals surface area contributed by atoms with Crippen molar-refractivity contribution < 1.29 is 9.53 Å². The van der Waals surface area contributed by atoms with E-state index < -0.39 is 0 Å². The van der Waals surface area contributed by atoms with Crippen molar-refractivity contribution in [2.75, 3.05) is 5.32 Å². The number of benzene rings is 2. The molecule has 0 bridgehead atoms. The topological polar surface area (TPSA) is 38.3 Å². The third kappa shape index (κ3) is 4.68. The number of esters is 1. The van der Waals surface area contributed by atoms with Gasteiger partial charge in [0.05, 0.1) is 11.7 Å². The summed E-state index contributed by atoms with van der Waals surface area (Å²) < 4.78 is 5.60. The molecule has 2 aromatic carbocycles. The lowest BCUT2D eigenvalue weighted by Crippen LogP contribution is -2.24. The zero-order chi connectivity index (χ0) is 19.4. The Bertz CT molecular complexity index is 861. The Morgan fingerprint density at radius 2 is 1.70 bits per heavy atom. The van der Waals surface area contributed by atoms with Gasteiger partial charge in [0, 0.05) is 17.3 Å². The summed E-state index contributed by atoms with van der Waals surface area (Å²) in [5.74, 6) is -0.271. The molecule has 1 atom stereocenters. The fourth-order valence-electron chi connectivity index (χ4n) is 3.39. The van der Waals surface area contributed by atoms with Crippen molar-refractivity contribution in [2.45, 2.75) is 46.1 Å². The van der Waals surface area contributed by atoms with Crippen molar-refractivity contribution in [1.29, 1.82) is 0 Å². The number of allylic oxidation sites excluding steroid dienone is 2. The van der Waals surface area contributed by atoms with E-state index in [1.54, 1.807) is 0 Å². The molecular weight excluding hydrogens is 334 g/mol. The zero-order valence-corrected chi connectivity index (χ0v) is 16.5. The van der Waals surface area contributed by atoms with Crippen LogP contribution in [0, 0.1) is 6.92 Å². The second-order valence-electron chi connectivity index (χ2n) is 7.43. The third-order valence-electron chi connectivity index (χ3n) is 4.65. The van der Waals surface area contributed by atoms with E-state index in [2.05, 4.69) is 49.5 Å². The number of hydrogen-bond acceptors (Lipinski definition) is 3. The molecule has 0 fully saturated rings. The van der Waals surface area contributed by atoms with Crippen LogP contribution in [0.15, 0.2) is 77.5 Å². The van der Waals surface area contributed by atoms with E-state index in [9.17, 15) is 4.79 Å². The highest BCUT2D eigenvalue weighted by Gasteiger charge is 2.31. The van der Waals surface area contributed by atoms with Gasteiger partial charge < -0.3 is 10.1 Å². The van der Waals surface area contributed by atoms with Gasteiger partial charge in [-0.2, -0.15) is 0 Å². The predicted octanol–water partition coefficient (Wildman–Crippen LogP) is 5.75. The monoisotopic (exact) mass is 361 g/mol. The van der Waals surface area contributed by atoms with Gasteiger partial charge in [-0.05, 0) is 57.9 Å². The van der Waals surface area contributed by atoms with E-state index in [1.165, 1.54) is 11.1 Å². The minimum Gasteiger partial charge on any atom is -0.460 e. The molecule has 0 saturated carbocycles. The molecule has 3 rings (SSSR count). The van der Waals surface area contributed by atoms with Gasteiger partial charge in [-0.3, -0.25) is 0 Å². The molecule has 0 amide bonds.